The third-order valence-corrected chi connectivity index (χ3v) is 3.24. The molecule has 0 atom stereocenters. The first-order valence-electron chi connectivity index (χ1n) is 6.69. The van der Waals surface area contributed by atoms with Gasteiger partial charge in [-0.15, -0.1) is 0 Å². The van der Waals surface area contributed by atoms with Crippen LogP contribution in [-0.4, -0.2) is 26.2 Å². The predicted octanol–water partition coefficient (Wildman–Crippen LogP) is 1.67. The molecule has 0 aliphatic carbocycles. The summed E-state index contributed by atoms with van der Waals surface area (Å²) in [5.41, 5.74) is 7.30. The van der Waals surface area contributed by atoms with Crippen LogP contribution in [0.3, 0.4) is 0 Å². The van der Waals surface area contributed by atoms with E-state index >= 15 is 0 Å². The smallest absolute Gasteiger partial charge is 0.222 e. The van der Waals surface area contributed by atoms with Crippen molar-refractivity contribution in [1.29, 1.82) is 0 Å². The second-order valence-corrected chi connectivity index (χ2v) is 4.58. The third kappa shape index (κ3) is 2.72. The van der Waals surface area contributed by atoms with Gasteiger partial charge in [-0.2, -0.15) is 0 Å². The van der Waals surface area contributed by atoms with E-state index in [0.717, 1.165) is 16.6 Å². The second kappa shape index (κ2) is 5.90. The molecule has 6 heteroatoms. The van der Waals surface area contributed by atoms with E-state index in [0.29, 0.717) is 24.7 Å². The summed E-state index contributed by atoms with van der Waals surface area (Å²) >= 11 is 0. The lowest BCUT2D eigenvalue weighted by molar-refractivity contribution is 0.278. The number of nitrogens with two attached hydrogens (primary N) is 1. The highest BCUT2D eigenvalue weighted by atomic mass is 16.5. The fourth-order valence-corrected chi connectivity index (χ4v) is 2.24. The van der Waals surface area contributed by atoms with Crippen LogP contribution >= 0.6 is 0 Å². The summed E-state index contributed by atoms with van der Waals surface area (Å²) < 4.78 is 7.82. The van der Waals surface area contributed by atoms with Crippen molar-refractivity contribution in [2.75, 3.05) is 6.61 Å². The minimum Gasteiger partial charge on any atom is -0.438 e. The van der Waals surface area contributed by atoms with E-state index in [9.17, 15) is 0 Å². The Kier molecular flexibility index (Phi) is 3.81. The van der Waals surface area contributed by atoms with Crippen molar-refractivity contribution in [3.8, 4) is 11.6 Å². The number of rotatable bonds is 5. The highest BCUT2D eigenvalue weighted by Crippen LogP contribution is 2.29. The first-order valence-corrected chi connectivity index (χ1v) is 6.69. The van der Waals surface area contributed by atoms with Crippen molar-refractivity contribution in [1.82, 2.24) is 14.5 Å². The summed E-state index contributed by atoms with van der Waals surface area (Å²) in [5.74, 6) is 1.18. The number of benzene rings is 1. The number of aromatic nitrogens is 3. The van der Waals surface area contributed by atoms with Gasteiger partial charge in [0.15, 0.2) is 0 Å². The van der Waals surface area contributed by atoms with E-state index in [-0.39, 0.29) is 6.61 Å². The zero-order valence-corrected chi connectivity index (χ0v) is 11.4. The molecule has 0 fully saturated rings. The van der Waals surface area contributed by atoms with Gasteiger partial charge in [0, 0.05) is 30.7 Å². The van der Waals surface area contributed by atoms with Gasteiger partial charge < -0.3 is 20.1 Å². The fraction of sp³-hybridized carbons (Fsp3) is 0.200. The Morgan fingerprint density at radius 1 is 1.24 bits per heavy atom. The topological polar surface area (TPSA) is 86.2 Å². The summed E-state index contributed by atoms with van der Waals surface area (Å²) in [7, 11) is 0. The molecule has 108 valence electrons. The molecule has 0 radical (unpaired) electrons. The maximum Gasteiger partial charge on any atom is 0.222 e. The van der Waals surface area contributed by atoms with Crippen LogP contribution in [0.15, 0.2) is 42.9 Å². The van der Waals surface area contributed by atoms with E-state index in [4.69, 9.17) is 15.6 Å². The number of ether oxygens (including phenoxy) is 1. The molecule has 0 aliphatic heterocycles. The van der Waals surface area contributed by atoms with E-state index in [1.165, 1.54) is 6.33 Å². The van der Waals surface area contributed by atoms with Crippen molar-refractivity contribution in [3.63, 3.8) is 0 Å². The van der Waals surface area contributed by atoms with E-state index < -0.39 is 0 Å². The van der Waals surface area contributed by atoms with Gasteiger partial charge in [-0.1, -0.05) is 6.07 Å². The SMILES string of the molecule is NCc1cc(Oc2cccc3c2ccn3CCO)ncn1. The molecule has 6 nitrogen and oxygen atoms in total. The lowest BCUT2D eigenvalue weighted by Crippen LogP contribution is -2.01. The molecule has 2 aromatic heterocycles. The average molecular weight is 284 g/mol. The minimum absolute atomic E-state index is 0.0979. The van der Waals surface area contributed by atoms with Crippen molar-refractivity contribution < 1.29 is 9.84 Å². The minimum atomic E-state index is 0.0979. The Morgan fingerprint density at radius 3 is 2.95 bits per heavy atom. The van der Waals surface area contributed by atoms with Gasteiger partial charge in [-0.3, -0.25) is 0 Å². The molecule has 0 saturated carbocycles. The molecule has 3 aromatic rings. The van der Waals surface area contributed by atoms with Crippen LogP contribution in [0.4, 0.5) is 0 Å². The van der Waals surface area contributed by atoms with Crippen LogP contribution in [0.25, 0.3) is 10.9 Å². The van der Waals surface area contributed by atoms with Crippen molar-refractivity contribution in [2.24, 2.45) is 5.73 Å². The van der Waals surface area contributed by atoms with E-state index in [1.807, 2.05) is 35.0 Å². The van der Waals surface area contributed by atoms with Crippen LogP contribution in [0, 0.1) is 0 Å². The average Bonchev–Trinajstić information content (AvgIpc) is 2.92. The summed E-state index contributed by atoms with van der Waals surface area (Å²) in [4.78, 5) is 8.14. The molecular formula is C15H16N4O2. The lowest BCUT2D eigenvalue weighted by atomic mass is 10.2. The Labute approximate surface area is 121 Å². The molecule has 0 aliphatic rings. The standard InChI is InChI=1S/C15H16N4O2/c16-9-11-8-15(18-10-17-11)21-14-3-1-2-13-12(14)4-5-19(13)6-7-20/h1-5,8,10,20H,6-7,9,16H2. The van der Waals surface area contributed by atoms with Gasteiger partial charge >= 0.3 is 0 Å². The maximum absolute atomic E-state index is 9.08. The van der Waals surface area contributed by atoms with Gasteiger partial charge in [-0.05, 0) is 18.2 Å². The van der Waals surface area contributed by atoms with Gasteiger partial charge in [0.25, 0.3) is 0 Å². The fourth-order valence-electron chi connectivity index (χ4n) is 2.24. The summed E-state index contributed by atoms with van der Waals surface area (Å²) in [5, 5.41) is 10.1. The molecule has 3 rings (SSSR count). The summed E-state index contributed by atoms with van der Waals surface area (Å²) in [6.07, 6.45) is 3.37. The molecule has 0 bridgehead atoms. The number of nitrogens with zero attached hydrogens (tertiary/aromatic N) is 3. The van der Waals surface area contributed by atoms with E-state index in [1.54, 1.807) is 6.07 Å². The normalized spacial score (nSPS) is 11.0. The Balaban J connectivity index is 1.96. The van der Waals surface area contributed by atoms with Gasteiger partial charge in [0.05, 0.1) is 17.8 Å². The van der Waals surface area contributed by atoms with Crippen LogP contribution < -0.4 is 10.5 Å². The number of hydrogen-bond acceptors (Lipinski definition) is 5. The Bertz CT molecular complexity index is 754. The van der Waals surface area contributed by atoms with Crippen molar-refractivity contribution in [2.45, 2.75) is 13.1 Å². The van der Waals surface area contributed by atoms with Gasteiger partial charge in [0.1, 0.15) is 12.1 Å². The number of fused-ring (bicyclic) bond motifs is 1. The zero-order valence-electron chi connectivity index (χ0n) is 11.4. The number of aliphatic hydroxyl groups is 1. The molecule has 1 aromatic carbocycles. The highest BCUT2D eigenvalue weighted by molar-refractivity contribution is 5.86. The lowest BCUT2D eigenvalue weighted by Gasteiger charge is -2.08. The second-order valence-electron chi connectivity index (χ2n) is 4.58. The van der Waals surface area contributed by atoms with Gasteiger partial charge in [-0.25, -0.2) is 9.97 Å². The molecule has 3 N–H and O–H groups in total. The summed E-state index contributed by atoms with van der Waals surface area (Å²) in [6.45, 7) is 0.994. The zero-order chi connectivity index (χ0) is 14.7. The quantitative estimate of drug-likeness (QED) is 0.744. The van der Waals surface area contributed by atoms with Gasteiger partial charge in [0.2, 0.25) is 5.88 Å². The molecule has 0 unspecified atom stereocenters. The summed E-state index contributed by atoms with van der Waals surface area (Å²) in [6, 6.07) is 9.48. The largest absolute Gasteiger partial charge is 0.438 e. The molecule has 2 heterocycles. The molecular weight excluding hydrogens is 268 g/mol. The van der Waals surface area contributed by atoms with Crippen LogP contribution in [0.2, 0.25) is 0 Å². The van der Waals surface area contributed by atoms with Crippen molar-refractivity contribution in [3.05, 3.63) is 48.5 Å². The molecule has 0 amide bonds. The Morgan fingerprint density at radius 2 is 2.14 bits per heavy atom. The molecule has 0 spiro atoms. The first kappa shape index (κ1) is 13.5. The Hall–Kier alpha value is -2.44. The first-order chi connectivity index (χ1) is 10.3. The van der Waals surface area contributed by atoms with Crippen molar-refractivity contribution >= 4 is 10.9 Å². The highest BCUT2D eigenvalue weighted by Gasteiger charge is 2.08. The van der Waals surface area contributed by atoms with Crippen LogP contribution in [0.5, 0.6) is 11.6 Å². The van der Waals surface area contributed by atoms with E-state index in [2.05, 4.69) is 9.97 Å². The van der Waals surface area contributed by atoms with Crippen LogP contribution in [0.1, 0.15) is 5.69 Å². The predicted molar refractivity (Wildman–Crippen MR) is 79.0 cm³/mol. The van der Waals surface area contributed by atoms with Crippen LogP contribution in [-0.2, 0) is 13.1 Å². The maximum atomic E-state index is 9.08. The molecule has 21 heavy (non-hydrogen) atoms. The number of hydrogen-bond donors (Lipinski definition) is 2. The third-order valence-electron chi connectivity index (χ3n) is 3.24. The molecule has 0 saturated heterocycles. The number of aliphatic hydroxyl groups excluding tert-OH is 1. The monoisotopic (exact) mass is 284 g/mol.